The zero-order chi connectivity index (χ0) is 12.6. The van der Waals surface area contributed by atoms with Crippen LogP contribution in [0.5, 0.6) is 5.75 Å². The van der Waals surface area contributed by atoms with Gasteiger partial charge >= 0.3 is 10.9 Å². The SMILES string of the molecule is NC(CC(=O)O)c1cc2oc(=O)sc2cc1O. The van der Waals surface area contributed by atoms with Crippen LogP contribution in [-0.2, 0) is 4.79 Å². The third kappa shape index (κ3) is 2.29. The summed E-state index contributed by atoms with van der Waals surface area (Å²) in [6.07, 6.45) is -0.312. The molecule has 1 aromatic carbocycles. The van der Waals surface area contributed by atoms with Gasteiger partial charge in [0.05, 0.1) is 11.1 Å². The maximum atomic E-state index is 11.0. The summed E-state index contributed by atoms with van der Waals surface area (Å²) in [5.74, 6) is -1.20. The molecule has 1 heterocycles. The second-order valence-electron chi connectivity index (χ2n) is 3.52. The predicted molar refractivity (Wildman–Crippen MR) is 61.2 cm³/mol. The fourth-order valence-corrected chi connectivity index (χ4v) is 2.20. The van der Waals surface area contributed by atoms with Gasteiger partial charge in [-0.25, -0.2) is 4.79 Å². The number of benzene rings is 1. The van der Waals surface area contributed by atoms with Gasteiger partial charge in [0.15, 0.2) is 0 Å². The van der Waals surface area contributed by atoms with Crippen molar-refractivity contribution in [3.05, 3.63) is 27.4 Å². The molecule has 6 nitrogen and oxygen atoms in total. The maximum absolute atomic E-state index is 11.0. The second kappa shape index (κ2) is 4.19. The van der Waals surface area contributed by atoms with E-state index < -0.39 is 17.0 Å². The third-order valence-corrected chi connectivity index (χ3v) is 3.06. The molecule has 90 valence electrons. The van der Waals surface area contributed by atoms with E-state index in [0.29, 0.717) is 10.3 Å². The minimum atomic E-state index is -1.07. The Morgan fingerprint density at radius 2 is 2.24 bits per heavy atom. The maximum Gasteiger partial charge on any atom is 0.396 e. The van der Waals surface area contributed by atoms with Crippen LogP contribution in [0.1, 0.15) is 18.0 Å². The normalized spacial score (nSPS) is 12.8. The Labute approximate surface area is 98.9 Å². The Kier molecular flexibility index (Phi) is 2.86. The Balaban J connectivity index is 2.49. The minimum Gasteiger partial charge on any atom is -0.508 e. The number of carbonyl (C=O) groups is 1. The molecule has 0 saturated heterocycles. The number of hydrogen-bond donors (Lipinski definition) is 3. The van der Waals surface area contributed by atoms with E-state index in [1.165, 1.54) is 12.1 Å². The van der Waals surface area contributed by atoms with Gasteiger partial charge in [0.1, 0.15) is 11.3 Å². The number of aromatic hydroxyl groups is 1. The van der Waals surface area contributed by atoms with Gasteiger partial charge in [-0.15, -0.1) is 0 Å². The number of carboxylic acids is 1. The number of hydrogen-bond acceptors (Lipinski definition) is 6. The van der Waals surface area contributed by atoms with Gasteiger partial charge in [0.25, 0.3) is 0 Å². The molecule has 0 fully saturated rings. The number of phenolic OH excluding ortho intramolecular Hbond substituents is 1. The van der Waals surface area contributed by atoms with Gasteiger partial charge in [-0.3, -0.25) is 4.79 Å². The van der Waals surface area contributed by atoms with Gasteiger partial charge in [-0.05, 0) is 6.07 Å². The highest BCUT2D eigenvalue weighted by atomic mass is 32.1. The van der Waals surface area contributed by atoms with Crippen molar-refractivity contribution in [2.75, 3.05) is 0 Å². The zero-order valence-corrected chi connectivity index (χ0v) is 9.36. The zero-order valence-electron chi connectivity index (χ0n) is 8.54. The summed E-state index contributed by atoms with van der Waals surface area (Å²) in [6.45, 7) is 0. The van der Waals surface area contributed by atoms with Crippen LogP contribution < -0.4 is 10.7 Å². The van der Waals surface area contributed by atoms with Crippen LogP contribution in [0.2, 0.25) is 0 Å². The fourth-order valence-electron chi connectivity index (χ4n) is 1.52. The summed E-state index contributed by atoms with van der Waals surface area (Å²) in [5.41, 5.74) is 6.19. The molecular formula is C10H9NO5S. The average Bonchev–Trinajstić information content (AvgIpc) is 2.54. The van der Waals surface area contributed by atoms with E-state index in [2.05, 4.69) is 0 Å². The molecule has 1 unspecified atom stereocenters. The molecule has 4 N–H and O–H groups in total. The van der Waals surface area contributed by atoms with Crippen LogP contribution in [0.15, 0.2) is 21.3 Å². The quantitative estimate of drug-likeness (QED) is 0.754. The minimum absolute atomic E-state index is 0.136. The lowest BCUT2D eigenvalue weighted by Crippen LogP contribution is -2.15. The number of rotatable bonds is 3. The lowest BCUT2D eigenvalue weighted by atomic mass is 10.0. The molecular weight excluding hydrogens is 246 g/mol. The fraction of sp³-hybridized carbons (Fsp3) is 0.200. The Bertz CT molecular complexity index is 629. The molecule has 0 aliphatic heterocycles. The lowest BCUT2D eigenvalue weighted by Gasteiger charge is -2.10. The van der Waals surface area contributed by atoms with E-state index in [1.807, 2.05) is 0 Å². The summed E-state index contributed by atoms with van der Waals surface area (Å²) in [6, 6.07) is 1.90. The second-order valence-corrected chi connectivity index (χ2v) is 4.49. The average molecular weight is 255 g/mol. The van der Waals surface area contributed by atoms with E-state index in [9.17, 15) is 14.7 Å². The summed E-state index contributed by atoms with van der Waals surface area (Å²) in [4.78, 5) is 21.1. The van der Waals surface area contributed by atoms with Gasteiger partial charge in [0, 0.05) is 17.7 Å². The molecule has 1 atom stereocenters. The van der Waals surface area contributed by atoms with E-state index in [0.717, 1.165) is 11.3 Å². The van der Waals surface area contributed by atoms with Crippen LogP contribution in [0.25, 0.3) is 10.3 Å². The summed E-state index contributed by atoms with van der Waals surface area (Å²) in [5, 5.41) is 18.3. The lowest BCUT2D eigenvalue weighted by molar-refractivity contribution is -0.137. The first-order chi connectivity index (χ1) is 7.97. The molecule has 17 heavy (non-hydrogen) atoms. The molecule has 0 bridgehead atoms. The number of carboxylic acid groups (broad SMARTS) is 1. The molecule has 1 aromatic heterocycles. The van der Waals surface area contributed by atoms with Crippen LogP contribution in [0.3, 0.4) is 0 Å². The molecule has 0 radical (unpaired) electrons. The summed E-state index contributed by atoms with van der Waals surface area (Å²) < 4.78 is 5.37. The smallest absolute Gasteiger partial charge is 0.396 e. The first-order valence-corrected chi connectivity index (χ1v) is 5.53. The van der Waals surface area contributed by atoms with Gasteiger partial charge in [-0.2, -0.15) is 0 Å². The van der Waals surface area contributed by atoms with E-state index in [-0.39, 0.29) is 17.7 Å². The van der Waals surface area contributed by atoms with Crippen molar-refractivity contribution in [2.45, 2.75) is 12.5 Å². The van der Waals surface area contributed by atoms with Gasteiger partial charge in [0.2, 0.25) is 0 Å². The molecule has 2 rings (SSSR count). The van der Waals surface area contributed by atoms with Crippen molar-refractivity contribution in [3.8, 4) is 5.75 Å². The van der Waals surface area contributed by atoms with Gasteiger partial charge < -0.3 is 20.4 Å². The highest BCUT2D eigenvalue weighted by Crippen LogP contribution is 2.31. The van der Waals surface area contributed by atoms with Crippen molar-refractivity contribution in [3.63, 3.8) is 0 Å². The molecule has 0 amide bonds. The summed E-state index contributed by atoms with van der Waals surface area (Å²) >= 11 is 0.861. The van der Waals surface area contributed by atoms with E-state index in [4.69, 9.17) is 15.3 Å². The highest BCUT2D eigenvalue weighted by molar-refractivity contribution is 7.16. The van der Waals surface area contributed by atoms with Crippen molar-refractivity contribution >= 4 is 27.6 Å². The molecule has 0 spiro atoms. The van der Waals surface area contributed by atoms with Crippen LogP contribution in [0.4, 0.5) is 0 Å². The van der Waals surface area contributed by atoms with Crippen molar-refractivity contribution in [1.82, 2.24) is 0 Å². The van der Waals surface area contributed by atoms with Crippen molar-refractivity contribution in [2.24, 2.45) is 5.73 Å². The number of fused-ring (bicyclic) bond motifs is 1. The molecule has 2 aromatic rings. The largest absolute Gasteiger partial charge is 0.508 e. The van der Waals surface area contributed by atoms with Crippen molar-refractivity contribution < 1.29 is 19.4 Å². The van der Waals surface area contributed by atoms with E-state index >= 15 is 0 Å². The standard InChI is InChI=1S/C10H9NO5S/c11-5(2-9(13)14)4-1-7-8(3-6(4)12)17-10(15)16-7/h1,3,5,12H,2,11H2,(H,13,14). The monoisotopic (exact) mass is 255 g/mol. The van der Waals surface area contributed by atoms with Crippen LogP contribution in [0, 0.1) is 0 Å². The molecule has 0 aliphatic carbocycles. The predicted octanol–water partition coefficient (Wildman–Crippen LogP) is 1.03. The third-order valence-electron chi connectivity index (χ3n) is 2.27. The molecule has 0 saturated carbocycles. The van der Waals surface area contributed by atoms with Crippen molar-refractivity contribution in [1.29, 1.82) is 0 Å². The first kappa shape index (κ1) is 11.6. The van der Waals surface area contributed by atoms with Gasteiger partial charge in [-0.1, -0.05) is 11.3 Å². The first-order valence-electron chi connectivity index (χ1n) is 4.71. The van der Waals surface area contributed by atoms with Crippen LogP contribution >= 0.6 is 11.3 Å². The summed E-state index contributed by atoms with van der Waals surface area (Å²) in [7, 11) is 0. The molecule has 0 aliphatic rings. The highest BCUT2D eigenvalue weighted by Gasteiger charge is 2.17. The number of nitrogens with two attached hydrogens (primary N) is 1. The molecule has 7 heteroatoms. The topological polar surface area (TPSA) is 114 Å². The number of aliphatic carboxylic acids is 1. The Morgan fingerprint density at radius 1 is 1.53 bits per heavy atom. The number of phenols is 1. The van der Waals surface area contributed by atoms with E-state index in [1.54, 1.807) is 0 Å². The van der Waals surface area contributed by atoms with Crippen LogP contribution in [-0.4, -0.2) is 16.2 Å². The Morgan fingerprint density at radius 3 is 2.88 bits per heavy atom. The Hall–Kier alpha value is -1.86.